The maximum absolute atomic E-state index is 5.23. The van der Waals surface area contributed by atoms with Crippen LogP contribution in [-0.4, -0.2) is 19.1 Å². The molecule has 0 saturated heterocycles. The van der Waals surface area contributed by atoms with Crippen molar-refractivity contribution in [1.29, 1.82) is 0 Å². The minimum absolute atomic E-state index is 0.309. The van der Waals surface area contributed by atoms with Crippen molar-refractivity contribution in [2.75, 3.05) is 14.2 Å². The van der Waals surface area contributed by atoms with Gasteiger partial charge in [-0.1, -0.05) is 0 Å². The zero-order valence-corrected chi connectivity index (χ0v) is 12.7. The molecule has 1 atom stereocenters. The minimum Gasteiger partial charge on any atom is -0.496 e. The fourth-order valence-electron chi connectivity index (χ4n) is 1.77. The molecule has 0 aliphatic carbocycles. The van der Waals surface area contributed by atoms with Gasteiger partial charge in [0.25, 0.3) is 0 Å². The van der Waals surface area contributed by atoms with E-state index in [1.54, 1.807) is 29.8 Å². The van der Waals surface area contributed by atoms with Gasteiger partial charge in [-0.25, -0.2) is 4.98 Å². The first-order valence-electron chi connectivity index (χ1n) is 5.86. The number of hydrogen-bond donors (Lipinski definition) is 1. The summed E-state index contributed by atoms with van der Waals surface area (Å²) >= 11 is 3.51. The molecule has 2 rings (SSSR count). The zero-order valence-electron chi connectivity index (χ0n) is 11.1. The SMILES string of the molecule is CNC(Cc1nc(C)c(C)s1)c1cc(OC)cs1. The highest BCUT2D eigenvalue weighted by molar-refractivity contribution is 7.11. The number of nitrogens with one attached hydrogen (secondary N) is 1. The molecule has 0 amide bonds. The molecular weight excluding hydrogens is 264 g/mol. The van der Waals surface area contributed by atoms with E-state index in [-0.39, 0.29) is 0 Å². The fourth-order valence-corrected chi connectivity index (χ4v) is 3.72. The Hall–Kier alpha value is -0.910. The largest absolute Gasteiger partial charge is 0.496 e. The quantitative estimate of drug-likeness (QED) is 0.913. The first-order chi connectivity index (χ1) is 8.63. The Balaban J connectivity index is 2.13. The van der Waals surface area contributed by atoms with E-state index in [9.17, 15) is 0 Å². The van der Waals surface area contributed by atoms with Gasteiger partial charge in [-0.05, 0) is 27.0 Å². The molecule has 2 aromatic heterocycles. The summed E-state index contributed by atoms with van der Waals surface area (Å²) in [7, 11) is 3.69. The van der Waals surface area contributed by atoms with Crippen LogP contribution in [0.1, 0.15) is 26.5 Å². The van der Waals surface area contributed by atoms with Crippen LogP contribution >= 0.6 is 22.7 Å². The van der Waals surface area contributed by atoms with Crippen molar-refractivity contribution in [3.8, 4) is 5.75 Å². The number of rotatable bonds is 5. The Morgan fingerprint density at radius 3 is 2.72 bits per heavy atom. The number of thiophene rings is 1. The van der Waals surface area contributed by atoms with Crippen molar-refractivity contribution in [3.05, 3.63) is 31.9 Å². The van der Waals surface area contributed by atoms with Gasteiger partial charge < -0.3 is 10.1 Å². The van der Waals surface area contributed by atoms with Crippen LogP contribution in [0.3, 0.4) is 0 Å². The lowest BCUT2D eigenvalue weighted by Gasteiger charge is -2.12. The molecule has 0 aliphatic heterocycles. The lowest BCUT2D eigenvalue weighted by molar-refractivity contribution is 0.416. The Bertz CT molecular complexity index is 499. The van der Waals surface area contributed by atoms with Crippen molar-refractivity contribution in [3.63, 3.8) is 0 Å². The summed E-state index contributed by atoms with van der Waals surface area (Å²) in [6, 6.07) is 2.41. The molecule has 0 aromatic carbocycles. The van der Waals surface area contributed by atoms with E-state index in [0.29, 0.717) is 6.04 Å². The standard InChI is InChI=1S/C13H18N2OS2/c1-8-9(2)18-13(15-8)6-11(14-3)12-5-10(16-4)7-17-12/h5,7,11,14H,6H2,1-4H3. The van der Waals surface area contributed by atoms with Gasteiger partial charge in [-0.3, -0.25) is 0 Å². The highest BCUT2D eigenvalue weighted by Gasteiger charge is 2.15. The average Bonchev–Trinajstić information content (AvgIpc) is 2.94. The van der Waals surface area contributed by atoms with Crippen LogP contribution in [0.15, 0.2) is 11.4 Å². The van der Waals surface area contributed by atoms with Crippen LogP contribution in [0.2, 0.25) is 0 Å². The smallest absolute Gasteiger partial charge is 0.129 e. The topological polar surface area (TPSA) is 34.2 Å². The number of likely N-dealkylation sites (N-methyl/N-ethyl adjacent to an activating group) is 1. The van der Waals surface area contributed by atoms with Gasteiger partial charge in [-0.15, -0.1) is 22.7 Å². The van der Waals surface area contributed by atoms with Crippen LogP contribution in [0.4, 0.5) is 0 Å². The molecule has 2 heterocycles. The van der Waals surface area contributed by atoms with Crippen LogP contribution < -0.4 is 10.1 Å². The van der Waals surface area contributed by atoms with Crippen molar-refractivity contribution in [1.82, 2.24) is 10.3 Å². The molecule has 0 saturated carbocycles. The third kappa shape index (κ3) is 2.91. The zero-order chi connectivity index (χ0) is 13.1. The molecular formula is C13H18N2OS2. The molecule has 0 aliphatic rings. The number of nitrogens with zero attached hydrogens (tertiary/aromatic N) is 1. The summed E-state index contributed by atoms with van der Waals surface area (Å²) in [5, 5.41) is 6.59. The maximum atomic E-state index is 5.23. The molecule has 1 unspecified atom stereocenters. The summed E-state index contributed by atoms with van der Waals surface area (Å²) in [6.07, 6.45) is 0.930. The Morgan fingerprint density at radius 1 is 1.44 bits per heavy atom. The van der Waals surface area contributed by atoms with Gasteiger partial charge in [0.2, 0.25) is 0 Å². The van der Waals surface area contributed by atoms with E-state index in [2.05, 4.69) is 30.2 Å². The predicted molar refractivity (Wildman–Crippen MR) is 78.0 cm³/mol. The third-order valence-electron chi connectivity index (χ3n) is 2.97. The Morgan fingerprint density at radius 2 is 2.22 bits per heavy atom. The lowest BCUT2D eigenvalue weighted by atomic mass is 10.2. The second kappa shape index (κ2) is 5.82. The molecule has 0 radical (unpaired) electrons. The lowest BCUT2D eigenvalue weighted by Crippen LogP contribution is -2.17. The normalized spacial score (nSPS) is 12.7. The molecule has 0 bridgehead atoms. The summed E-state index contributed by atoms with van der Waals surface area (Å²) < 4.78 is 5.23. The van der Waals surface area contributed by atoms with Crippen molar-refractivity contribution < 1.29 is 4.74 Å². The molecule has 0 fully saturated rings. The summed E-state index contributed by atoms with van der Waals surface area (Å²) in [5.74, 6) is 0.932. The van der Waals surface area contributed by atoms with Crippen LogP contribution in [-0.2, 0) is 6.42 Å². The van der Waals surface area contributed by atoms with E-state index in [4.69, 9.17) is 4.74 Å². The second-order valence-corrected chi connectivity index (χ2v) is 6.41. The van der Waals surface area contributed by atoms with Crippen LogP contribution in [0.5, 0.6) is 5.75 Å². The molecule has 1 N–H and O–H groups in total. The van der Waals surface area contributed by atoms with Crippen molar-refractivity contribution in [2.45, 2.75) is 26.3 Å². The Kier molecular flexibility index (Phi) is 4.37. The predicted octanol–water partition coefficient (Wildman–Crippen LogP) is 3.33. The van der Waals surface area contributed by atoms with E-state index in [1.807, 2.05) is 12.4 Å². The third-order valence-corrected chi connectivity index (χ3v) is 5.09. The first-order valence-corrected chi connectivity index (χ1v) is 7.56. The van der Waals surface area contributed by atoms with Crippen LogP contribution in [0, 0.1) is 13.8 Å². The molecule has 0 spiro atoms. The number of ether oxygens (including phenoxy) is 1. The number of aromatic nitrogens is 1. The Labute approximate surface area is 116 Å². The van der Waals surface area contributed by atoms with Gasteiger partial charge in [0, 0.05) is 27.6 Å². The van der Waals surface area contributed by atoms with Gasteiger partial charge >= 0.3 is 0 Å². The van der Waals surface area contributed by atoms with E-state index >= 15 is 0 Å². The monoisotopic (exact) mass is 282 g/mol. The molecule has 2 aromatic rings. The number of methoxy groups -OCH3 is 1. The summed E-state index contributed by atoms with van der Waals surface area (Å²) in [6.45, 7) is 4.19. The van der Waals surface area contributed by atoms with Gasteiger partial charge in [0.1, 0.15) is 5.75 Å². The number of aryl methyl sites for hydroxylation is 2. The highest BCUT2D eigenvalue weighted by Crippen LogP contribution is 2.30. The average molecular weight is 282 g/mol. The maximum Gasteiger partial charge on any atom is 0.129 e. The number of hydrogen-bond acceptors (Lipinski definition) is 5. The fraction of sp³-hybridized carbons (Fsp3) is 0.462. The van der Waals surface area contributed by atoms with Gasteiger partial charge in [0.15, 0.2) is 0 Å². The minimum atomic E-state index is 0.309. The van der Waals surface area contributed by atoms with Crippen molar-refractivity contribution in [2.24, 2.45) is 0 Å². The van der Waals surface area contributed by atoms with Crippen molar-refractivity contribution >= 4 is 22.7 Å². The van der Waals surface area contributed by atoms with E-state index in [1.165, 1.54) is 14.8 Å². The second-order valence-electron chi connectivity index (χ2n) is 4.18. The van der Waals surface area contributed by atoms with Crippen LogP contribution in [0.25, 0.3) is 0 Å². The number of thiazole rings is 1. The molecule has 3 nitrogen and oxygen atoms in total. The molecule has 5 heteroatoms. The summed E-state index contributed by atoms with van der Waals surface area (Å²) in [5.41, 5.74) is 1.15. The van der Waals surface area contributed by atoms with E-state index < -0.39 is 0 Å². The van der Waals surface area contributed by atoms with Gasteiger partial charge in [-0.2, -0.15) is 0 Å². The molecule has 18 heavy (non-hydrogen) atoms. The molecule has 98 valence electrons. The van der Waals surface area contributed by atoms with Gasteiger partial charge in [0.05, 0.1) is 17.8 Å². The summed E-state index contributed by atoms with van der Waals surface area (Å²) in [4.78, 5) is 7.20. The first kappa shape index (κ1) is 13.5. The highest BCUT2D eigenvalue weighted by atomic mass is 32.1. The van der Waals surface area contributed by atoms with E-state index in [0.717, 1.165) is 17.9 Å².